The molecular formula is C20H21ClN2O2S. The van der Waals surface area contributed by atoms with Gasteiger partial charge >= 0.3 is 0 Å². The monoisotopic (exact) mass is 388 g/mol. The first-order chi connectivity index (χ1) is 12.3. The molecule has 0 fully saturated rings. The molecule has 0 unspecified atom stereocenters. The number of halogens is 1. The van der Waals surface area contributed by atoms with Gasteiger partial charge in [-0.15, -0.1) is 0 Å². The molecule has 2 aromatic carbocycles. The molecule has 0 saturated heterocycles. The number of nitrogens with two attached hydrogens (primary N) is 1. The molecule has 136 valence electrons. The van der Waals surface area contributed by atoms with Crippen LogP contribution >= 0.6 is 11.6 Å². The summed E-state index contributed by atoms with van der Waals surface area (Å²) < 4.78 is 28.0. The highest BCUT2D eigenvalue weighted by atomic mass is 35.5. The molecule has 0 atom stereocenters. The summed E-state index contributed by atoms with van der Waals surface area (Å²) in [5.74, 6) is 0.290. The van der Waals surface area contributed by atoms with Crippen molar-refractivity contribution in [3.63, 3.8) is 0 Å². The van der Waals surface area contributed by atoms with Gasteiger partial charge in [0, 0.05) is 17.3 Å². The Morgan fingerprint density at radius 3 is 2.23 bits per heavy atom. The molecule has 0 bridgehead atoms. The van der Waals surface area contributed by atoms with Crippen molar-refractivity contribution in [2.45, 2.75) is 36.6 Å². The Morgan fingerprint density at radius 1 is 1.00 bits per heavy atom. The van der Waals surface area contributed by atoms with Gasteiger partial charge in [-0.05, 0) is 55.7 Å². The average Bonchev–Trinajstić information content (AvgIpc) is 2.85. The van der Waals surface area contributed by atoms with Gasteiger partial charge in [0.25, 0.3) is 0 Å². The van der Waals surface area contributed by atoms with E-state index in [1.54, 1.807) is 37.3 Å². The molecule has 0 aliphatic heterocycles. The maximum absolute atomic E-state index is 13.0. The number of aromatic nitrogens is 1. The van der Waals surface area contributed by atoms with E-state index >= 15 is 0 Å². The highest BCUT2D eigenvalue weighted by molar-refractivity contribution is 7.91. The van der Waals surface area contributed by atoms with Crippen molar-refractivity contribution in [1.29, 1.82) is 0 Å². The minimum atomic E-state index is -3.65. The van der Waals surface area contributed by atoms with Crippen molar-refractivity contribution >= 4 is 27.3 Å². The van der Waals surface area contributed by atoms with Gasteiger partial charge in [-0.1, -0.05) is 41.9 Å². The average molecular weight is 389 g/mol. The van der Waals surface area contributed by atoms with E-state index in [4.69, 9.17) is 17.3 Å². The molecule has 0 radical (unpaired) electrons. The molecule has 0 spiro atoms. The van der Waals surface area contributed by atoms with Crippen LogP contribution in [-0.4, -0.2) is 13.0 Å². The number of anilines is 1. The summed E-state index contributed by atoms with van der Waals surface area (Å²) in [5, 5.41) is 0.692. The number of hydrogen-bond acceptors (Lipinski definition) is 3. The topological polar surface area (TPSA) is 65.1 Å². The van der Waals surface area contributed by atoms with Gasteiger partial charge < -0.3 is 10.3 Å². The molecule has 0 aliphatic rings. The SMILES string of the molecule is Cc1c(S(=O)(=O)c2ccccc2)c(N)n(CCc2ccc(Cl)cc2)c1C. The summed E-state index contributed by atoms with van der Waals surface area (Å²) in [7, 11) is -3.65. The Hall–Kier alpha value is -2.24. The van der Waals surface area contributed by atoms with Crippen LogP contribution in [0.15, 0.2) is 64.4 Å². The number of aryl methyl sites for hydroxylation is 1. The Balaban J connectivity index is 1.97. The van der Waals surface area contributed by atoms with Gasteiger partial charge in [0.1, 0.15) is 10.7 Å². The first-order valence-electron chi connectivity index (χ1n) is 8.32. The number of nitrogen functional groups attached to an aromatic ring is 1. The van der Waals surface area contributed by atoms with Crippen LogP contribution < -0.4 is 5.73 Å². The minimum Gasteiger partial charge on any atom is -0.384 e. The van der Waals surface area contributed by atoms with E-state index < -0.39 is 9.84 Å². The minimum absolute atomic E-state index is 0.206. The van der Waals surface area contributed by atoms with Crippen molar-refractivity contribution < 1.29 is 8.42 Å². The van der Waals surface area contributed by atoms with E-state index in [0.717, 1.165) is 17.7 Å². The zero-order valence-electron chi connectivity index (χ0n) is 14.7. The van der Waals surface area contributed by atoms with Crippen LogP contribution in [0, 0.1) is 13.8 Å². The predicted molar refractivity (Wildman–Crippen MR) is 105 cm³/mol. The van der Waals surface area contributed by atoms with E-state index in [1.807, 2.05) is 35.8 Å². The highest BCUT2D eigenvalue weighted by Gasteiger charge is 2.27. The normalized spacial score (nSPS) is 11.7. The molecule has 6 heteroatoms. The van der Waals surface area contributed by atoms with Gasteiger partial charge in [-0.2, -0.15) is 0 Å². The number of nitrogens with zero attached hydrogens (tertiary/aromatic N) is 1. The molecule has 26 heavy (non-hydrogen) atoms. The van der Waals surface area contributed by atoms with Gasteiger partial charge in [0.2, 0.25) is 9.84 Å². The standard InChI is InChI=1S/C20H21ClN2O2S/c1-14-15(2)23(13-12-16-8-10-17(21)11-9-16)20(22)19(14)26(24,25)18-6-4-3-5-7-18/h3-11H,12-13,22H2,1-2H3. The van der Waals surface area contributed by atoms with Crippen LogP contribution in [0.2, 0.25) is 5.02 Å². The second-order valence-electron chi connectivity index (χ2n) is 6.27. The van der Waals surface area contributed by atoms with Crippen LogP contribution in [0.3, 0.4) is 0 Å². The fraction of sp³-hybridized carbons (Fsp3) is 0.200. The first kappa shape index (κ1) is 18.5. The lowest BCUT2D eigenvalue weighted by atomic mass is 10.1. The zero-order chi connectivity index (χ0) is 18.9. The first-order valence-corrected chi connectivity index (χ1v) is 10.2. The van der Waals surface area contributed by atoms with Crippen molar-refractivity contribution in [2.75, 3.05) is 5.73 Å². The molecule has 2 N–H and O–H groups in total. The lowest BCUT2D eigenvalue weighted by Gasteiger charge is -2.10. The second-order valence-corrected chi connectivity index (χ2v) is 8.59. The molecule has 3 rings (SSSR count). The second kappa shape index (κ2) is 7.17. The molecule has 1 heterocycles. The summed E-state index contributed by atoms with van der Waals surface area (Å²) >= 11 is 5.92. The zero-order valence-corrected chi connectivity index (χ0v) is 16.3. The Bertz CT molecular complexity index is 1020. The van der Waals surface area contributed by atoms with Crippen LogP contribution in [0.25, 0.3) is 0 Å². The fourth-order valence-electron chi connectivity index (χ4n) is 3.10. The van der Waals surface area contributed by atoms with Crippen molar-refractivity contribution in [3.8, 4) is 0 Å². The van der Waals surface area contributed by atoms with E-state index in [-0.39, 0.29) is 15.6 Å². The van der Waals surface area contributed by atoms with Crippen LogP contribution in [-0.2, 0) is 22.8 Å². The van der Waals surface area contributed by atoms with E-state index in [2.05, 4.69) is 0 Å². The molecule has 1 aromatic heterocycles. The van der Waals surface area contributed by atoms with Crippen LogP contribution in [0.4, 0.5) is 5.82 Å². The lowest BCUT2D eigenvalue weighted by Crippen LogP contribution is -2.10. The third-order valence-electron chi connectivity index (χ3n) is 4.67. The summed E-state index contributed by atoms with van der Waals surface area (Å²) in [5.41, 5.74) is 8.96. The summed E-state index contributed by atoms with van der Waals surface area (Å²) in [6.45, 7) is 4.31. The van der Waals surface area contributed by atoms with E-state index in [1.165, 1.54) is 0 Å². The lowest BCUT2D eigenvalue weighted by molar-refractivity contribution is 0.595. The summed E-state index contributed by atoms with van der Waals surface area (Å²) in [6, 6.07) is 16.0. The van der Waals surface area contributed by atoms with Crippen LogP contribution in [0.1, 0.15) is 16.8 Å². The molecule has 3 aromatic rings. The fourth-order valence-corrected chi connectivity index (χ4v) is 4.91. The molecule has 4 nitrogen and oxygen atoms in total. The van der Waals surface area contributed by atoms with E-state index in [9.17, 15) is 8.42 Å². The number of benzene rings is 2. The summed E-state index contributed by atoms with van der Waals surface area (Å²) in [6.07, 6.45) is 0.737. The van der Waals surface area contributed by atoms with Crippen molar-refractivity contribution in [2.24, 2.45) is 0 Å². The van der Waals surface area contributed by atoms with Gasteiger partial charge in [-0.25, -0.2) is 8.42 Å². The van der Waals surface area contributed by atoms with Gasteiger partial charge in [-0.3, -0.25) is 0 Å². The maximum Gasteiger partial charge on any atom is 0.210 e. The quantitative estimate of drug-likeness (QED) is 0.703. The van der Waals surface area contributed by atoms with Crippen LogP contribution in [0.5, 0.6) is 0 Å². The Morgan fingerprint density at radius 2 is 1.62 bits per heavy atom. The third kappa shape index (κ3) is 3.37. The Labute approximate surface area is 159 Å². The molecule has 0 aliphatic carbocycles. The van der Waals surface area contributed by atoms with Crippen molar-refractivity contribution in [3.05, 3.63) is 76.4 Å². The van der Waals surface area contributed by atoms with Gasteiger partial charge in [0.15, 0.2) is 0 Å². The largest absolute Gasteiger partial charge is 0.384 e. The Kier molecular flexibility index (Phi) is 5.12. The van der Waals surface area contributed by atoms with Crippen molar-refractivity contribution in [1.82, 2.24) is 4.57 Å². The molecular weight excluding hydrogens is 368 g/mol. The molecule has 0 saturated carbocycles. The number of hydrogen-bond donors (Lipinski definition) is 1. The highest BCUT2D eigenvalue weighted by Crippen LogP contribution is 2.33. The smallest absolute Gasteiger partial charge is 0.210 e. The number of sulfone groups is 1. The predicted octanol–water partition coefficient (Wildman–Crippen LogP) is 4.42. The molecule has 0 amide bonds. The maximum atomic E-state index is 13.0. The van der Waals surface area contributed by atoms with Gasteiger partial charge in [0.05, 0.1) is 4.90 Å². The third-order valence-corrected chi connectivity index (χ3v) is 6.87. The number of rotatable bonds is 5. The summed E-state index contributed by atoms with van der Waals surface area (Å²) in [4.78, 5) is 0.460. The van der Waals surface area contributed by atoms with E-state index in [0.29, 0.717) is 17.1 Å².